The zero-order valence-corrected chi connectivity index (χ0v) is 14.4. The average Bonchev–Trinajstić information content (AvgIpc) is 2.59. The molecule has 3 rings (SSSR count). The summed E-state index contributed by atoms with van der Waals surface area (Å²) in [7, 11) is 0. The maximum Gasteiger partial charge on any atom is 0.232 e. The van der Waals surface area contributed by atoms with Gasteiger partial charge in [-0.25, -0.2) is 0 Å². The van der Waals surface area contributed by atoms with Crippen molar-refractivity contribution >= 4 is 17.7 Å². The van der Waals surface area contributed by atoms with Crippen LogP contribution in [0.5, 0.6) is 0 Å². The van der Waals surface area contributed by atoms with Crippen molar-refractivity contribution in [2.45, 2.75) is 48.3 Å². The third-order valence-electron chi connectivity index (χ3n) is 4.27. The van der Waals surface area contributed by atoms with E-state index in [1.807, 2.05) is 24.3 Å². The molecule has 120 valence electrons. The van der Waals surface area contributed by atoms with Gasteiger partial charge in [-0.1, -0.05) is 74.3 Å². The topological polar surface area (TPSA) is 29.1 Å². The van der Waals surface area contributed by atoms with Crippen molar-refractivity contribution in [3.8, 4) is 0 Å². The zero-order valence-electron chi connectivity index (χ0n) is 13.5. The van der Waals surface area contributed by atoms with Gasteiger partial charge in [0.2, 0.25) is 5.91 Å². The van der Waals surface area contributed by atoms with Gasteiger partial charge in [-0.2, -0.15) is 0 Å². The van der Waals surface area contributed by atoms with E-state index < -0.39 is 0 Å². The van der Waals surface area contributed by atoms with Crippen molar-refractivity contribution in [2.24, 2.45) is 0 Å². The second-order valence-electron chi connectivity index (χ2n) is 5.96. The molecule has 23 heavy (non-hydrogen) atoms. The van der Waals surface area contributed by atoms with Crippen molar-refractivity contribution in [1.82, 2.24) is 5.32 Å². The fourth-order valence-corrected chi connectivity index (χ4v) is 4.20. The molecule has 2 aromatic rings. The summed E-state index contributed by atoms with van der Waals surface area (Å²) >= 11 is 1.76. The number of nitrogens with one attached hydrogen (secondary N) is 1. The van der Waals surface area contributed by atoms with Crippen LogP contribution in [-0.2, 0) is 4.79 Å². The van der Waals surface area contributed by atoms with Crippen LogP contribution in [0, 0.1) is 0 Å². The predicted octanol–water partition coefficient (Wildman–Crippen LogP) is 4.98. The molecule has 0 saturated carbocycles. The average molecular weight is 325 g/mol. The summed E-state index contributed by atoms with van der Waals surface area (Å²) in [5, 5.41) is 3.14. The Bertz CT molecular complexity index is 637. The lowest BCUT2D eigenvalue weighted by molar-refractivity contribution is -0.121. The van der Waals surface area contributed by atoms with Crippen molar-refractivity contribution in [1.29, 1.82) is 0 Å². The Morgan fingerprint density at radius 1 is 0.957 bits per heavy atom. The molecule has 2 nitrogen and oxygen atoms in total. The number of hydrogen-bond donors (Lipinski definition) is 1. The first-order chi connectivity index (χ1) is 11.3. The molecule has 1 heterocycles. The molecule has 2 aromatic carbocycles. The van der Waals surface area contributed by atoms with Gasteiger partial charge in [-0.3, -0.25) is 4.79 Å². The van der Waals surface area contributed by atoms with Crippen LogP contribution < -0.4 is 5.32 Å². The number of unbranched alkanes of at least 4 members (excludes halogenated alkanes) is 3. The normalized spacial score (nSPS) is 13.3. The van der Waals surface area contributed by atoms with Gasteiger partial charge in [0.05, 0.1) is 5.92 Å². The van der Waals surface area contributed by atoms with Crippen LogP contribution in [0.3, 0.4) is 0 Å². The second kappa shape index (κ2) is 7.69. The smallest absolute Gasteiger partial charge is 0.232 e. The van der Waals surface area contributed by atoms with Gasteiger partial charge < -0.3 is 5.32 Å². The Morgan fingerprint density at radius 3 is 2.17 bits per heavy atom. The number of carbonyl (C=O) groups excluding carboxylic acids is 1. The predicted molar refractivity (Wildman–Crippen MR) is 96.0 cm³/mol. The van der Waals surface area contributed by atoms with Crippen molar-refractivity contribution in [3.05, 3.63) is 59.7 Å². The number of fused-ring (bicyclic) bond motifs is 2. The molecule has 1 N–H and O–H groups in total. The number of carbonyl (C=O) groups is 1. The highest BCUT2D eigenvalue weighted by Crippen LogP contribution is 2.45. The van der Waals surface area contributed by atoms with Crippen LogP contribution in [0.4, 0.5) is 0 Å². The van der Waals surface area contributed by atoms with Crippen LogP contribution in [0.1, 0.15) is 49.7 Å². The summed E-state index contributed by atoms with van der Waals surface area (Å²) in [6, 6.07) is 16.5. The molecule has 0 unspecified atom stereocenters. The van der Waals surface area contributed by atoms with Gasteiger partial charge in [0.25, 0.3) is 0 Å². The Hall–Kier alpha value is -1.74. The first-order valence-electron chi connectivity index (χ1n) is 8.44. The van der Waals surface area contributed by atoms with E-state index in [-0.39, 0.29) is 11.8 Å². The molecule has 0 atom stereocenters. The fraction of sp³-hybridized carbons (Fsp3) is 0.350. The molecule has 0 bridgehead atoms. The van der Waals surface area contributed by atoms with Crippen molar-refractivity contribution in [2.75, 3.05) is 6.54 Å². The summed E-state index contributed by atoms with van der Waals surface area (Å²) in [6.45, 7) is 2.97. The highest BCUT2D eigenvalue weighted by Gasteiger charge is 2.30. The number of hydrogen-bond acceptors (Lipinski definition) is 2. The summed E-state index contributed by atoms with van der Waals surface area (Å²) in [6.07, 6.45) is 4.70. The lowest BCUT2D eigenvalue weighted by atomic mass is 9.89. The van der Waals surface area contributed by atoms with E-state index in [2.05, 4.69) is 36.5 Å². The first-order valence-corrected chi connectivity index (χ1v) is 9.26. The van der Waals surface area contributed by atoms with Gasteiger partial charge in [0, 0.05) is 16.3 Å². The Labute approximate surface area is 142 Å². The van der Waals surface area contributed by atoms with E-state index in [9.17, 15) is 4.79 Å². The monoisotopic (exact) mass is 325 g/mol. The molecule has 1 aliphatic rings. The van der Waals surface area contributed by atoms with Gasteiger partial charge >= 0.3 is 0 Å². The van der Waals surface area contributed by atoms with E-state index in [4.69, 9.17) is 0 Å². The lowest BCUT2D eigenvalue weighted by Crippen LogP contribution is -2.32. The third-order valence-corrected chi connectivity index (χ3v) is 5.46. The molecule has 0 aromatic heterocycles. The van der Waals surface area contributed by atoms with Crippen LogP contribution in [-0.4, -0.2) is 12.5 Å². The molecule has 1 amide bonds. The Balaban J connectivity index is 1.79. The van der Waals surface area contributed by atoms with Crippen LogP contribution in [0.15, 0.2) is 58.3 Å². The molecule has 0 spiro atoms. The van der Waals surface area contributed by atoms with Gasteiger partial charge in [-0.05, 0) is 29.7 Å². The van der Waals surface area contributed by atoms with Gasteiger partial charge in [0.1, 0.15) is 0 Å². The molecule has 0 radical (unpaired) electrons. The van der Waals surface area contributed by atoms with Gasteiger partial charge in [0.15, 0.2) is 0 Å². The summed E-state index contributed by atoms with van der Waals surface area (Å²) in [5.74, 6) is -0.0588. The molecule has 0 aliphatic carbocycles. The van der Waals surface area contributed by atoms with Crippen molar-refractivity contribution < 1.29 is 4.79 Å². The minimum Gasteiger partial charge on any atom is -0.355 e. The van der Waals surface area contributed by atoms with Gasteiger partial charge in [-0.15, -0.1) is 0 Å². The van der Waals surface area contributed by atoms with E-state index in [1.165, 1.54) is 29.1 Å². The molecule has 3 heteroatoms. The summed E-state index contributed by atoms with van der Waals surface area (Å²) in [5.41, 5.74) is 2.25. The van der Waals surface area contributed by atoms with E-state index >= 15 is 0 Å². The van der Waals surface area contributed by atoms with Crippen LogP contribution in [0.25, 0.3) is 0 Å². The highest BCUT2D eigenvalue weighted by atomic mass is 32.2. The van der Waals surface area contributed by atoms with E-state index in [1.54, 1.807) is 11.8 Å². The SMILES string of the molecule is CCCCCCNC(=O)C1c2ccccc2Sc2ccccc21. The molecule has 0 saturated heterocycles. The van der Waals surface area contributed by atoms with Crippen LogP contribution in [0.2, 0.25) is 0 Å². The number of amides is 1. The van der Waals surface area contributed by atoms with E-state index in [0.29, 0.717) is 0 Å². The maximum absolute atomic E-state index is 12.8. The summed E-state index contributed by atoms with van der Waals surface area (Å²) in [4.78, 5) is 15.2. The molecule has 1 aliphatic heterocycles. The first kappa shape index (κ1) is 16.1. The summed E-state index contributed by atoms with van der Waals surface area (Å²) < 4.78 is 0. The maximum atomic E-state index is 12.8. The fourth-order valence-electron chi connectivity index (χ4n) is 3.06. The lowest BCUT2D eigenvalue weighted by Gasteiger charge is -2.27. The van der Waals surface area contributed by atoms with E-state index in [0.717, 1.165) is 24.1 Å². The molecule has 0 fully saturated rings. The Morgan fingerprint density at radius 2 is 1.57 bits per heavy atom. The molecular formula is C20H23NOS. The van der Waals surface area contributed by atoms with Crippen LogP contribution >= 0.6 is 11.8 Å². The quantitative estimate of drug-likeness (QED) is 0.759. The zero-order chi connectivity index (χ0) is 16.1. The molecular weight excluding hydrogens is 302 g/mol. The second-order valence-corrected chi connectivity index (χ2v) is 7.05. The minimum absolute atomic E-state index is 0.127. The standard InChI is InChI=1S/C20H23NOS/c1-2-3-4-9-14-21-20(22)19-15-10-5-7-12-17(15)23-18-13-8-6-11-16(18)19/h5-8,10-13,19H,2-4,9,14H2,1H3,(H,21,22). The highest BCUT2D eigenvalue weighted by molar-refractivity contribution is 7.99. The third kappa shape index (κ3) is 3.61. The minimum atomic E-state index is -0.185. The number of rotatable bonds is 6. The Kier molecular flexibility index (Phi) is 5.39. The number of benzene rings is 2. The van der Waals surface area contributed by atoms with Crippen molar-refractivity contribution in [3.63, 3.8) is 0 Å². The largest absolute Gasteiger partial charge is 0.355 e.